The first-order valence-corrected chi connectivity index (χ1v) is 7.01. The number of methoxy groups -OCH3 is 1. The monoisotopic (exact) mass is 334 g/mol. The van der Waals surface area contributed by atoms with Crippen molar-refractivity contribution in [2.75, 3.05) is 20.2 Å². The molecule has 1 aliphatic heterocycles. The van der Waals surface area contributed by atoms with Crippen LogP contribution in [0.1, 0.15) is 18.4 Å². The third-order valence-electron chi connectivity index (χ3n) is 3.95. The number of amides is 1. The second-order valence-corrected chi connectivity index (χ2v) is 5.27. The van der Waals surface area contributed by atoms with Crippen LogP contribution >= 0.6 is 12.4 Å². The summed E-state index contributed by atoms with van der Waals surface area (Å²) in [5.41, 5.74) is 5.92. The number of carbonyl (C=O) groups is 1. The Labute approximate surface area is 135 Å². The quantitative estimate of drug-likeness (QED) is 0.915. The zero-order chi connectivity index (χ0) is 15.4. The molecular weight excluding hydrogens is 314 g/mol. The first-order chi connectivity index (χ1) is 10.0. The summed E-state index contributed by atoms with van der Waals surface area (Å²) in [5, 5.41) is 0. The molecule has 7 heteroatoms. The molecule has 0 aliphatic carbocycles. The molecule has 0 radical (unpaired) electrons. The lowest BCUT2D eigenvalue weighted by Gasteiger charge is -2.38. The molecule has 4 nitrogen and oxygen atoms in total. The number of ether oxygens (including phenoxy) is 1. The molecule has 1 aromatic rings. The van der Waals surface area contributed by atoms with E-state index in [-0.39, 0.29) is 42.4 Å². The number of nitrogens with two attached hydrogens (primary N) is 1. The number of piperidine rings is 1. The third-order valence-corrected chi connectivity index (χ3v) is 3.95. The van der Waals surface area contributed by atoms with Crippen LogP contribution in [0.25, 0.3) is 0 Å². The number of benzene rings is 1. The van der Waals surface area contributed by atoms with Crippen molar-refractivity contribution in [1.29, 1.82) is 0 Å². The van der Waals surface area contributed by atoms with Crippen molar-refractivity contribution in [3.63, 3.8) is 0 Å². The van der Waals surface area contributed by atoms with Crippen molar-refractivity contribution < 1.29 is 18.3 Å². The van der Waals surface area contributed by atoms with Gasteiger partial charge in [-0.25, -0.2) is 8.78 Å². The molecule has 1 fully saturated rings. The third kappa shape index (κ3) is 4.38. The summed E-state index contributed by atoms with van der Waals surface area (Å²) in [6.45, 7) is 0.888. The second-order valence-electron chi connectivity index (χ2n) is 5.27. The Hall–Kier alpha value is -1.24. The number of halogens is 3. The molecule has 1 heterocycles. The summed E-state index contributed by atoms with van der Waals surface area (Å²) in [6.07, 6.45) is 1.44. The Morgan fingerprint density at radius 3 is 2.77 bits per heavy atom. The average Bonchev–Trinajstić information content (AvgIpc) is 2.49. The summed E-state index contributed by atoms with van der Waals surface area (Å²) in [5.74, 6) is -1.53. The fourth-order valence-corrected chi connectivity index (χ4v) is 2.71. The van der Waals surface area contributed by atoms with Gasteiger partial charge in [-0.2, -0.15) is 0 Å². The highest BCUT2D eigenvalue weighted by molar-refractivity contribution is 5.85. The van der Waals surface area contributed by atoms with E-state index in [0.717, 1.165) is 18.6 Å². The first-order valence-electron chi connectivity index (χ1n) is 7.01. The fourth-order valence-electron chi connectivity index (χ4n) is 2.71. The van der Waals surface area contributed by atoms with Crippen LogP contribution in [0.3, 0.4) is 0 Å². The van der Waals surface area contributed by atoms with Crippen LogP contribution in [-0.4, -0.2) is 43.2 Å². The standard InChI is InChI=1S/C15H20F2N2O2.ClH/c1-21-13-4-5-19(12(8-13)9-18)15(20)6-10-2-3-11(16)7-14(10)17;/h2-3,7,12-13H,4-6,8-9,18H2,1H3;1H. The molecule has 22 heavy (non-hydrogen) atoms. The second kappa shape index (κ2) is 8.41. The van der Waals surface area contributed by atoms with E-state index < -0.39 is 11.6 Å². The fraction of sp³-hybridized carbons (Fsp3) is 0.533. The number of rotatable bonds is 4. The number of likely N-dealkylation sites (tertiary alicyclic amines) is 1. The van der Waals surface area contributed by atoms with E-state index >= 15 is 0 Å². The average molecular weight is 335 g/mol. The first kappa shape index (κ1) is 18.8. The Kier molecular flexibility index (Phi) is 7.19. The van der Waals surface area contributed by atoms with Gasteiger partial charge in [0.1, 0.15) is 11.6 Å². The van der Waals surface area contributed by atoms with Gasteiger partial charge in [0.05, 0.1) is 12.5 Å². The molecule has 2 N–H and O–H groups in total. The van der Waals surface area contributed by atoms with Crippen LogP contribution in [0.2, 0.25) is 0 Å². The van der Waals surface area contributed by atoms with E-state index in [1.54, 1.807) is 12.0 Å². The van der Waals surface area contributed by atoms with Gasteiger partial charge < -0.3 is 15.4 Å². The van der Waals surface area contributed by atoms with Gasteiger partial charge in [0.2, 0.25) is 5.91 Å². The van der Waals surface area contributed by atoms with Gasteiger partial charge in [0.15, 0.2) is 0 Å². The summed E-state index contributed by atoms with van der Waals surface area (Å²) in [6, 6.07) is 3.16. The normalized spacial score (nSPS) is 21.4. The molecule has 0 saturated carbocycles. The van der Waals surface area contributed by atoms with Crippen molar-refractivity contribution in [1.82, 2.24) is 4.90 Å². The summed E-state index contributed by atoms with van der Waals surface area (Å²) in [4.78, 5) is 14.0. The SMILES string of the molecule is COC1CCN(C(=O)Cc2ccc(F)cc2F)C(CN)C1.Cl. The lowest BCUT2D eigenvalue weighted by molar-refractivity contribution is -0.136. The van der Waals surface area contributed by atoms with Crippen molar-refractivity contribution >= 4 is 18.3 Å². The minimum Gasteiger partial charge on any atom is -0.381 e. The molecule has 1 saturated heterocycles. The number of carbonyl (C=O) groups excluding carboxylic acids is 1. The van der Waals surface area contributed by atoms with Crippen molar-refractivity contribution in [3.8, 4) is 0 Å². The van der Waals surface area contributed by atoms with Gasteiger partial charge in [0, 0.05) is 32.3 Å². The largest absolute Gasteiger partial charge is 0.381 e. The van der Waals surface area contributed by atoms with Gasteiger partial charge in [-0.05, 0) is 24.5 Å². The highest BCUT2D eigenvalue weighted by Crippen LogP contribution is 2.21. The predicted octanol–water partition coefficient (Wildman–Crippen LogP) is 1.89. The summed E-state index contributed by atoms with van der Waals surface area (Å²) in [7, 11) is 1.64. The van der Waals surface area contributed by atoms with Gasteiger partial charge in [0.25, 0.3) is 0 Å². The zero-order valence-corrected chi connectivity index (χ0v) is 13.2. The van der Waals surface area contributed by atoms with Crippen molar-refractivity contribution in [3.05, 3.63) is 35.4 Å². The highest BCUT2D eigenvalue weighted by Gasteiger charge is 2.30. The van der Waals surface area contributed by atoms with E-state index in [4.69, 9.17) is 10.5 Å². The molecule has 1 aromatic carbocycles. The molecule has 0 bridgehead atoms. The molecule has 2 rings (SSSR count). The van der Waals surface area contributed by atoms with Crippen LogP contribution in [-0.2, 0) is 16.0 Å². The minimum absolute atomic E-state index is 0. The molecule has 0 aromatic heterocycles. The van der Waals surface area contributed by atoms with E-state index in [9.17, 15) is 13.6 Å². The molecule has 0 spiro atoms. The molecular formula is C15H21ClF2N2O2. The van der Waals surface area contributed by atoms with E-state index in [1.165, 1.54) is 6.07 Å². The van der Waals surface area contributed by atoms with Crippen molar-refractivity contribution in [2.24, 2.45) is 5.73 Å². The maximum absolute atomic E-state index is 13.6. The molecule has 2 unspecified atom stereocenters. The highest BCUT2D eigenvalue weighted by atomic mass is 35.5. The van der Waals surface area contributed by atoms with E-state index in [2.05, 4.69) is 0 Å². The zero-order valence-electron chi connectivity index (χ0n) is 12.4. The van der Waals surface area contributed by atoms with E-state index in [0.29, 0.717) is 19.5 Å². The number of nitrogens with zero attached hydrogens (tertiary/aromatic N) is 1. The van der Waals surface area contributed by atoms with Gasteiger partial charge in [-0.3, -0.25) is 4.79 Å². The van der Waals surface area contributed by atoms with Gasteiger partial charge in [-0.15, -0.1) is 12.4 Å². The van der Waals surface area contributed by atoms with Crippen LogP contribution in [0.5, 0.6) is 0 Å². The Balaban J connectivity index is 0.00000242. The summed E-state index contributed by atoms with van der Waals surface area (Å²) >= 11 is 0. The molecule has 2 atom stereocenters. The maximum Gasteiger partial charge on any atom is 0.227 e. The van der Waals surface area contributed by atoms with Gasteiger partial charge >= 0.3 is 0 Å². The lowest BCUT2D eigenvalue weighted by Crippen LogP contribution is -2.51. The smallest absolute Gasteiger partial charge is 0.227 e. The topological polar surface area (TPSA) is 55.6 Å². The molecule has 1 amide bonds. The van der Waals surface area contributed by atoms with Crippen LogP contribution < -0.4 is 5.73 Å². The van der Waals surface area contributed by atoms with Crippen LogP contribution in [0.15, 0.2) is 18.2 Å². The van der Waals surface area contributed by atoms with E-state index in [1.807, 2.05) is 0 Å². The minimum atomic E-state index is -0.695. The van der Waals surface area contributed by atoms with Crippen LogP contribution in [0, 0.1) is 11.6 Å². The van der Waals surface area contributed by atoms with Crippen LogP contribution in [0.4, 0.5) is 8.78 Å². The predicted molar refractivity (Wildman–Crippen MR) is 81.9 cm³/mol. The number of hydrogen-bond donors (Lipinski definition) is 1. The Morgan fingerprint density at radius 1 is 1.45 bits per heavy atom. The molecule has 124 valence electrons. The molecule has 1 aliphatic rings. The number of hydrogen-bond acceptors (Lipinski definition) is 3. The summed E-state index contributed by atoms with van der Waals surface area (Å²) < 4.78 is 31.8. The lowest BCUT2D eigenvalue weighted by atomic mass is 9.98. The Bertz CT molecular complexity index is 516. The van der Waals surface area contributed by atoms with Gasteiger partial charge in [-0.1, -0.05) is 6.07 Å². The maximum atomic E-state index is 13.6. The Morgan fingerprint density at radius 2 is 2.18 bits per heavy atom. The van der Waals surface area contributed by atoms with Crippen molar-refractivity contribution in [2.45, 2.75) is 31.4 Å².